The highest BCUT2D eigenvalue weighted by Gasteiger charge is 2.27. The number of alkyl halides is 3. The van der Waals surface area contributed by atoms with Crippen LogP contribution in [0.1, 0.15) is 19.0 Å². The van der Waals surface area contributed by atoms with Gasteiger partial charge in [-0.25, -0.2) is 0 Å². The SMILES string of the molecule is CCc1nn(C)c2c1[nH]c(=S)n2CCC(F)(F)F. The predicted molar refractivity (Wildman–Crippen MR) is 63.9 cm³/mol. The van der Waals surface area contributed by atoms with Gasteiger partial charge in [-0.05, 0) is 18.6 Å². The second-order valence-electron chi connectivity index (χ2n) is 4.07. The van der Waals surface area contributed by atoms with E-state index >= 15 is 0 Å². The van der Waals surface area contributed by atoms with Crippen molar-refractivity contribution >= 4 is 23.4 Å². The Labute approximate surface area is 106 Å². The molecule has 1 N–H and O–H groups in total. The van der Waals surface area contributed by atoms with E-state index in [9.17, 15) is 13.2 Å². The molecule has 8 heteroatoms. The Balaban J connectivity index is 2.47. The van der Waals surface area contributed by atoms with E-state index in [1.807, 2.05) is 6.92 Å². The van der Waals surface area contributed by atoms with Crippen LogP contribution < -0.4 is 0 Å². The Bertz CT molecular complexity index is 619. The zero-order valence-corrected chi connectivity index (χ0v) is 10.8. The van der Waals surface area contributed by atoms with Crippen LogP contribution in [-0.4, -0.2) is 25.5 Å². The lowest BCUT2D eigenvalue weighted by atomic mass is 10.3. The first-order valence-electron chi connectivity index (χ1n) is 5.54. The summed E-state index contributed by atoms with van der Waals surface area (Å²) in [6, 6.07) is 0. The number of aromatic amines is 1. The van der Waals surface area contributed by atoms with Crippen molar-refractivity contribution in [3.8, 4) is 0 Å². The van der Waals surface area contributed by atoms with Crippen LogP contribution >= 0.6 is 12.2 Å². The average Bonchev–Trinajstić information content (AvgIpc) is 2.72. The van der Waals surface area contributed by atoms with Crippen molar-refractivity contribution in [2.24, 2.45) is 7.05 Å². The van der Waals surface area contributed by atoms with Gasteiger partial charge in [0.1, 0.15) is 5.52 Å². The van der Waals surface area contributed by atoms with E-state index in [1.54, 1.807) is 11.7 Å². The molecule has 100 valence electrons. The summed E-state index contributed by atoms with van der Waals surface area (Å²) in [7, 11) is 1.70. The Morgan fingerprint density at radius 2 is 2.06 bits per heavy atom. The molecule has 0 fully saturated rings. The molecular weight excluding hydrogens is 265 g/mol. The lowest BCUT2D eigenvalue weighted by molar-refractivity contribution is -0.136. The van der Waals surface area contributed by atoms with Crippen LogP contribution in [0.25, 0.3) is 11.2 Å². The fourth-order valence-corrected chi connectivity index (χ4v) is 2.25. The van der Waals surface area contributed by atoms with Gasteiger partial charge in [-0.2, -0.15) is 18.3 Å². The number of nitrogens with one attached hydrogen (secondary N) is 1. The number of aryl methyl sites for hydroxylation is 3. The number of fused-ring (bicyclic) bond motifs is 1. The standard InChI is InChI=1S/C10H13F3N4S/c1-3-6-7-8(16(2)15-6)17(9(18)14-7)5-4-10(11,12)13/h3-5H2,1-2H3,(H,14,18). The number of H-pyrrole nitrogens is 1. The summed E-state index contributed by atoms with van der Waals surface area (Å²) < 4.78 is 40.1. The molecule has 0 aliphatic carbocycles. The van der Waals surface area contributed by atoms with Gasteiger partial charge in [-0.3, -0.25) is 4.68 Å². The number of halogens is 3. The molecule has 0 atom stereocenters. The first kappa shape index (κ1) is 13.1. The summed E-state index contributed by atoms with van der Waals surface area (Å²) in [6.45, 7) is 1.75. The third kappa shape index (κ3) is 2.29. The van der Waals surface area contributed by atoms with E-state index in [0.29, 0.717) is 16.8 Å². The summed E-state index contributed by atoms with van der Waals surface area (Å²) in [4.78, 5) is 2.93. The van der Waals surface area contributed by atoms with Gasteiger partial charge >= 0.3 is 6.18 Å². The minimum absolute atomic E-state index is 0.189. The largest absolute Gasteiger partial charge is 0.390 e. The van der Waals surface area contributed by atoms with Crippen LogP contribution in [0.3, 0.4) is 0 Å². The number of imidazole rings is 1. The summed E-state index contributed by atoms with van der Waals surface area (Å²) in [5.41, 5.74) is 2.15. The zero-order valence-electron chi connectivity index (χ0n) is 10.0. The highest BCUT2D eigenvalue weighted by atomic mass is 32.1. The maximum atomic E-state index is 12.3. The molecule has 0 saturated heterocycles. The Morgan fingerprint density at radius 1 is 1.39 bits per heavy atom. The van der Waals surface area contributed by atoms with Crippen molar-refractivity contribution < 1.29 is 13.2 Å². The fourth-order valence-electron chi connectivity index (χ4n) is 1.97. The third-order valence-electron chi connectivity index (χ3n) is 2.78. The minimum Gasteiger partial charge on any atom is -0.328 e. The molecule has 4 nitrogen and oxygen atoms in total. The van der Waals surface area contributed by atoms with Gasteiger partial charge in [0.2, 0.25) is 0 Å². The second kappa shape index (κ2) is 4.42. The van der Waals surface area contributed by atoms with E-state index < -0.39 is 12.6 Å². The molecule has 0 saturated carbocycles. The molecule has 18 heavy (non-hydrogen) atoms. The molecule has 2 aromatic heterocycles. The molecule has 0 unspecified atom stereocenters. The first-order valence-corrected chi connectivity index (χ1v) is 5.95. The van der Waals surface area contributed by atoms with Gasteiger partial charge in [0.25, 0.3) is 0 Å². The number of rotatable bonds is 3. The van der Waals surface area contributed by atoms with Crippen LogP contribution in [0.2, 0.25) is 0 Å². The topological polar surface area (TPSA) is 38.5 Å². The molecule has 0 aliphatic rings. The third-order valence-corrected chi connectivity index (χ3v) is 3.10. The van der Waals surface area contributed by atoms with Gasteiger partial charge < -0.3 is 9.55 Å². The number of nitrogens with zero attached hydrogens (tertiary/aromatic N) is 3. The van der Waals surface area contributed by atoms with Gasteiger partial charge in [-0.15, -0.1) is 0 Å². The van der Waals surface area contributed by atoms with Crippen LogP contribution in [0.15, 0.2) is 0 Å². The van der Waals surface area contributed by atoms with Crippen molar-refractivity contribution in [2.45, 2.75) is 32.5 Å². The molecule has 0 aromatic carbocycles. The van der Waals surface area contributed by atoms with E-state index in [0.717, 1.165) is 11.2 Å². The van der Waals surface area contributed by atoms with Crippen LogP contribution in [-0.2, 0) is 20.0 Å². The van der Waals surface area contributed by atoms with Crippen molar-refractivity contribution in [3.05, 3.63) is 10.5 Å². The second-order valence-corrected chi connectivity index (χ2v) is 4.46. The van der Waals surface area contributed by atoms with Crippen molar-refractivity contribution in [2.75, 3.05) is 0 Å². The summed E-state index contributed by atoms with van der Waals surface area (Å²) in [6.07, 6.45) is -4.39. The summed E-state index contributed by atoms with van der Waals surface area (Å²) >= 11 is 5.06. The van der Waals surface area contributed by atoms with Crippen molar-refractivity contribution in [3.63, 3.8) is 0 Å². The minimum atomic E-state index is -4.19. The molecule has 2 rings (SSSR count). The van der Waals surface area contributed by atoms with E-state index in [1.165, 1.54) is 4.57 Å². The Hall–Kier alpha value is -1.31. The van der Waals surface area contributed by atoms with Gasteiger partial charge in [0.05, 0.1) is 12.1 Å². The van der Waals surface area contributed by atoms with Crippen molar-refractivity contribution in [1.29, 1.82) is 0 Å². The maximum Gasteiger partial charge on any atom is 0.390 e. The quantitative estimate of drug-likeness (QED) is 0.877. The highest BCUT2D eigenvalue weighted by molar-refractivity contribution is 7.71. The lowest BCUT2D eigenvalue weighted by Crippen LogP contribution is -2.13. The molecular formula is C10H13F3N4S. The smallest absolute Gasteiger partial charge is 0.328 e. The van der Waals surface area contributed by atoms with Crippen LogP contribution in [0.4, 0.5) is 13.2 Å². The number of aromatic nitrogens is 4. The molecule has 2 aromatic rings. The maximum absolute atomic E-state index is 12.3. The summed E-state index contributed by atoms with van der Waals surface area (Å²) in [5, 5.41) is 4.25. The predicted octanol–water partition coefficient (Wildman–Crippen LogP) is 2.95. The zero-order chi connectivity index (χ0) is 13.5. The Morgan fingerprint density at radius 3 is 2.61 bits per heavy atom. The molecule has 0 aliphatic heterocycles. The van der Waals surface area contributed by atoms with E-state index in [4.69, 9.17) is 12.2 Å². The molecule has 0 radical (unpaired) electrons. The lowest BCUT2D eigenvalue weighted by Gasteiger charge is -2.07. The average molecular weight is 278 g/mol. The van der Waals surface area contributed by atoms with Gasteiger partial charge in [0, 0.05) is 13.6 Å². The van der Waals surface area contributed by atoms with Crippen LogP contribution in [0.5, 0.6) is 0 Å². The fraction of sp³-hybridized carbons (Fsp3) is 0.600. The Kier molecular flexibility index (Phi) is 3.22. The molecule has 0 amide bonds. The highest BCUT2D eigenvalue weighted by Crippen LogP contribution is 2.23. The molecule has 0 spiro atoms. The number of hydrogen-bond acceptors (Lipinski definition) is 2. The van der Waals surface area contributed by atoms with Crippen molar-refractivity contribution in [1.82, 2.24) is 19.3 Å². The van der Waals surface area contributed by atoms with E-state index in [-0.39, 0.29) is 6.54 Å². The molecule has 2 heterocycles. The first-order chi connectivity index (χ1) is 8.33. The summed E-state index contributed by atoms with van der Waals surface area (Å²) in [5.74, 6) is 0. The monoisotopic (exact) mass is 278 g/mol. The van der Waals surface area contributed by atoms with Gasteiger partial charge in [-0.1, -0.05) is 6.92 Å². The number of hydrogen-bond donors (Lipinski definition) is 1. The van der Waals surface area contributed by atoms with E-state index in [2.05, 4.69) is 10.1 Å². The van der Waals surface area contributed by atoms with Crippen LogP contribution in [0, 0.1) is 4.77 Å². The van der Waals surface area contributed by atoms with Gasteiger partial charge in [0.15, 0.2) is 10.4 Å². The molecule has 0 bridgehead atoms. The normalized spacial score (nSPS) is 12.5.